The Morgan fingerprint density at radius 1 is 1.14 bits per heavy atom. The lowest BCUT2D eigenvalue weighted by molar-refractivity contribution is -0.0419. The molecule has 7 heteroatoms. The highest BCUT2D eigenvalue weighted by Crippen LogP contribution is 2.29. The van der Waals surface area contributed by atoms with E-state index in [0.717, 1.165) is 45.0 Å². The average Bonchev–Trinajstić information content (AvgIpc) is 3.11. The molecule has 3 fully saturated rings. The number of H-pyrrole nitrogens is 2. The Bertz CT molecular complexity index is 544. The van der Waals surface area contributed by atoms with Crippen molar-refractivity contribution in [2.45, 2.75) is 50.4 Å². The van der Waals surface area contributed by atoms with E-state index in [0.29, 0.717) is 12.2 Å². The van der Waals surface area contributed by atoms with Crippen LogP contribution in [0.15, 0.2) is 4.79 Å². The first-order chi connectivity index (χ1) is 10.8. The lowest BCUT2D eigenvalue weighted by atomic mass is 10.0. The van der Waals surface area contributed by atoms with Gasteiger partial charge in [0.2, 0.25) is 0 Å². The standard InChI is InChI=1S/C15H25N5O2/c21-15-16-14(17-18-15)13-3-1-2-6-20(13)8-7-19-9-11-4-5-12(10-19)22-11/h11-13H,1-10H2,(H2,16,17,18,21). The number of hydrogen-bond acceptors (Lipinski definition) is 5. The summed E-state index contributed by atoms with van der Waals surface area (Å²) in [6, 6.07) is 0.255. The highest BCUT2D eigenvalue weighted by molar-refractivity contribution is 4.95. The second-order valence-electron chi connectivity index (χ2n) is 6.83. The number of piperidine rings is 1. The molecule has 22 heavy (non-hydrogen) atoms. The molecular formula is C15H25N5O2. The molecule has 3 aliphatic heterocycles. The molecule has 0 spiro atoms. The number of rotatable bonds is 4. The zero-order valence-corrected chi connectivity index (χ0v) is 13.0. The molecule has 7 nitrogen and oxygen atoms in total. The van der Waals surface area contributed by atoms with Crippen molar-refractivity contribution in [1.82, 2.24) is 25.0 Å². The van der Waals surface area contributed by atoms with Gasteiger partial charge in [-0.15, -0.1) is 0 Å². The van der Waals surface area contributed by atoms with E-state index in [2.05, 4.69) is 25.0 Å². The van der Waals surface area contributed by atoms with Gasteiger partial charge in [-0.05, 0) is 32.2 Å². The number of likely N-dealkylation sites (tertiary alicyclic amines) is 2. The molecule has 1 aromatic rings. The summed E-state index contributed by atoms with van der Waals surface area (Å²) in [5, 5.41) is 6.65. The molecule has 3 saturated heterocycles. The predicted molar refractivity (Wildman–Crippen MR) is 81.7 cm³/mol. The first-order valence-corrected chi connectivity index (χ1v) is 8.54. The second kappa shape index (κ2) is 6.14. The lowest BCUT2D eigenvalue weighted by Gasteiger charge is -2.37. The number of aromatic nitrogens is 3. The number of aromatic amines is 2. The molecule has 3 atom stereocenters. The Kier molecular flexibility index (Phi) is 4.02. The molecule has 0 amide bonds. The summed E-state index contributed by atoms with van der Waals surface area (Å²) >= 11 is 0. The number of nitrogens with one attached hydrogen (secondary N) is 2. The molecule has 0 radical (unpaired) electrons. The van der Waals surface area contributed by atoms with Crippen LogP contribution in [0.25, 0.3) is 0 Å². The molecule has 2 bridgehead atoms. The topological polar surface area (TPSA) is 77.2 Å². The predicted octanol–water partition coefficient (Wildman–Crippen LogP) is 0.488. The highest BCUT2D eigenvalue weighted by Gasteiger charge is 2.34. The summed E-state index contributed by atoms with van der Waals surface area (Å²) in [5.41, 5.74) is -0.203. The van der Waals surface area contributed by atoms with Gasteiger partial charge in [0.1, 0.15) is 5.82 Å². The van der Waals surface area contributed by atoms with Gasteiger partial charge in [-0.2, -0.15) is 5.10 Å². The van der Waals surface area contributed by atoms with Crippen LogP contribution in [0.4, 0.5) is 0 Å². The SMILES string of the molecule is O=c1[nH]nc(C2CCCCN2CCN2CC3CCC(C2)O3)[nH]1. The largest absolute Gasteiger partial charge is 0.372 e. The maximum atomic E-state index is 11.3. The summed E-state index contributed by atoms with van der Waals surface area (Å²) in [6.45, 7) is 5.37. The molecule has 1 aromatic heterocycles. The Labute approximate surface area is 130 Å². The van der Waals surface area contributed by atoms with Gasteiger partial charge >= 0.3 is 5.69 Å². The van der Waals surface area contributed by atoms with Gasteiger partial charge in [-0.25, -0.2) is 9.89 Å². The molecule has 4 rings (SSSR count). The van der Waals surface area contributed by atoms with Crippen molar-refractivity contribution in [1.29, 1.82) is 0 Å². The second-order valence-corrected chi connectivity index (χ2v) is 6.83. The van der Waals surface area contributed by atoms with Crippen LogP contribution in [0.5, 0.6) is 0 Å². The van der Waals surface area contributed by atoms with Crippen molar-refractivity contribution in [3.8, 4) is 0 Å². The van der Waals surface area contributed by atoms with Crippen molar-refractivity contribution >= 4 is 0 Å². The van der Waals surface area contributed by atoms with E-state index in [1.165, 1.54) is 25.7 Å². The third-order valence-electron chi connectivity index (χ3n) is 5.27. The van der Waals surface area contributed by atoms with Gasteiger partial charge in [0.15, 0.2) is 0 Å². The van der Waals surface area contributed by atoms with E-state index in [9.17, 15) is 4.79 Å². The molecule has 4 heterocycles. The van der Waals surface area contributed by atoms with Crippen LogP contribution in [0.3, 0.4) is 0 Å². The molecule has 122 valence electrons. The van der Waals surface area contributed by atoms with Crippen molar-refractivity contribution in [2.75, 3.05) is 32.7 Å². The third kappa shape index (κ3) is 2.98. The van der Waals surface area contributed by atoms with Gasteiger partial charge < -0.3 is 4.74 Å². The van der Waals surface area contributed by atoms with Crippen LogP contribution in [-0.4, -0.2) is 69.9 Å². The minimum atomic E-state index is -0.203. The molecule has 0 saturated carbocycles. The molecule has 3 aliphatic rings. The minimum absolute atomic E-state index is 0.203. The molecular weight excluding hydrogens is 282 g/mol. The number of fused-ring (bicyclic) bond motifs is 2. The van der Waals surface area contributed by atoms with E-state index < -0.39 is 0 Å². The lowest BCUT2D eigenvalue weighted by Crippen LogP contribution is -2.47. The summed E-state index contributed by atoms with van der Waals surface area (Å²) in [6.07, 6.45) is 6.88. The summed E-state index contributed by atoms with van der Waals surface area (Å²) in [4.78, 5) is 19.2. The van der Waals surface area contributed by atoms with Crippen molar-refractivity contribution in [3.63, 3.8) is 0 Å². The minimum Gasteiger partial charge on any atom is -0.372 e. The Hall–Kier alpha value is -1.18. The van der Waals surface area contributed by atoms with Gasteiger partial charge in [0, 0.05) is 26.2 Å². The summed E-state index contributed by atoms with van der Waals surface area (Å²) < 4.78 is 5.90. The fourth-order valence-electron chi connectivity index (χ4n) is 4.16. The van der Waals surface area contributed by atoms with Crippen LogP contribution in [0.1, 0.15) is 44.0 Å². The number of nitrogens with zero attached hydrogens (tertiary/aromatic N) is 3. The van der Waals surface area contributed by atoms with Crippen molar-refractivity contribution in [2.24, 2.45) is 0 Å². The fraction of sp³-hybridized carbons (Fsp3) is 0.867. The summed E-state index contributed by atoms with van der Waals surface area (Å²) in [7, 11) is 0. The van der Waals surface area contributed by atoms with E-state index in [1.807, 2.05) is 0 Å². The number of morpholine rings is 1. The van der Waals surface area contributed by atoms with E-state index in [4.69, 9.17) is 4.74 Å². The van der Waals surface area contributed by atoms with Crippen molar-refractivity contribution in [3.05, 3.63) is 16.3 Å². The van der Waals surface area contributed by atoms with Crippen LogP contribution < -0.4 is 5.69 Å². The third-order valence-corrected chi connectivity index (χ3v) is 5.27. The van der Waals surface area contributed by atoms with Crippen LogP contribution in [-0.2, 0) is 4.74 Å². The number of hydrogen-bond donors (Lipinski definition) is 2. The highest BCUT2D eigenvalue weighted by atomic mass is 16.5. The molecule has 2 N–H and O–H groups in total. The molecule has 3 unspecified atom stereocenters. The average molecular weight is 307 g/mol. The Balaban J connectivity index is 1.37. The Morgan fingerprint density at radius 2 is 1.95 bits per heavy atom. The quantitative estimate of drug-likeness (QED) is 0.846. The first-order valence-electron chi connectivity index (χ1n) is 8.54. The van der Waals surface area contributed by atoms with E-state index in [1.54, 1.807) is 0 Å². The molecule has 0 aromatic carbocycles. The first kappa shape index (κ1) is 14.4. The fourth-order valence-corrected chi connectivity index (χ4v) is 4.16. The van der Waals surface area contributed by atoms with Crippen LogP contribution in [0.2, 0.25) is 0 Å². The maximum absolute atomic E-state index is 11.3. The summed E-state index contributed by atoms with van der Waals surface area (Å²) in [5.74, 6) is 0.798. The van der Waals surface area contributed by atoms with Crippen molar-refractivity contribution < 1.29 is 4.74 Å². The monoisotopic (exact) mass is 307 g/mol. The van der Waals surface area contributed by atoms with Crippen LogP contribution >= 0.6 is 0 Å². The molecule has 0 aliphatic carbocycles. The van der Waals surface area contributed by atoms with Gasteiger partial charge in [0.25, 0.3) is 0 Å². The zero-order chi connectivity index (χ0) is 14.9. The van der Waals surface area contributed by atoms with Gasteiger partial charge in [0.05, 0.1) is 18.2 Å². The van der Waals surface area contributed by atoms with E-state index >= 15 is 0 Å². The van der Waals surface area contributed by atoms with Gasteiger partial charge in [-0.3, -0.25) is 14.8 Å². The normalized spacial score (nSPS) is 33.4. The van der Waals surface area contributed by atoms with Crippen LogP contribution in [0, 0.1) is 0 Å². The smallest absolute Gasteiger partial charge is 0.340 e. The van der Waals surface area contributed by atoms with Gasteiger partial charge in [-0.1, -0.05) is 6.42 Å². The maximum Gasteiger partial charge on any atom is 0.340 e. The zero-order valence-electron chi connectivity index (χ0n) is 13.0. The van der Waals surface area contributed by atoms with E-state index in [-0.39, 0.29) is 11.7 Å². The Morgan fingerprint density at radius 3 is 2.68 bits per heavy atom. The number of ether oxygens (including phenoxy) is 1.